The second kappa shape index (κ2) is 8.74. The molecule has 2 amide bonds. The number of carbonyl (C=O) groups excluding carboxylic acids is 2. The van der Waals surface area contributed by atoms with E-state index in [2.05, 4.69) is 17.0 Å². The van der Waals surface area contributed by atoms with E-state index in [-0.39, 0.29) is 17.9 Å². The molecular formula is C21H31N3O3. The summed E-state index contributed by atoms with van der Waals surface area (Å²) in [5, 5.41) is 0. The van der Waals surface area contributed by atoms with Gasteiger partial charge >= 0.3 is 0 Å². The van der Waals surface area contributed by atoms with Crippen LogP contribution in [0.5, 0.6) is 5.75 Å². The third-order valence-corrected chi connectivity index (χ3v) is 5.73. The summed E-state index contributed by atoms with van der Waals surface area (Å²) in [5.74, 6) is 1.55. The Bertz CT molecular complexity index is 659. The largest absolute Gasteiger partial charge is 0.497 e. The van der Waals surface area contributed by atoms with Crippen molar-refractivity contribution in [2.75, 3.05) is 40.8 Å². The molecule has 27 heavy (non-hydrogen) atoms. The van der Waals surface area contributed by atoms with Crippen LogP contribution >= 0.6 is 0 Å². The molecule has 0 radical (unpaired) electrons. The molecule has 0 aliphatic carbocycles. The Balaban J connectivity index is 1.59. The van der Waals surface area contributed by atoms with Gasteiger partial charge in [-0.15, -0.1) is 0 Å². The molecule has 0 unspecified atom stereocenters. The Hall–Kier alpha value is -2.08. The van der Waals surface area contributed by atoms with Gasteiger partial charge in [0.2, 0.25) is 11.8 Å². The molecule has 0 aromatic heterocycles. The summed E-state index contributed by atoms with van der Waals surface area (Å²) in [6, 6.07) is 8.49. The topological polar surface area (TPSA) is 53.1 Å². The zero-order chi connectivity index (χ0) is 19.4. The van der Waals surface area contributed by atoms with E-state index in [1.165, 1.54) is 12.0 Å². The lowest BCUT2D eigenvalue weighted by Crippen LogP contribution is -2.47. The summed E-state index contributed by atoms with van der Waals surface area (Å²) in [7, 11) is 5.15. The van der Waals surface area contributed by atoms with Crippen LogP contribution in [0.25, 0.3) is 0 Å². The van der Waals surface area contributed by atoms with Gasteiger partial charge in [-0.2, -0.15) is 0 Å². The highest BCUT2D eigenvalue weighted by atomic mass is 16.5. The quantitative estimate of drug-likeness (QED) is 0.765. The van der Waals surface area contributed by atoms with Crippen LogP contribution < -0.4 is 4.74 Å². The molecule has 3 fully saturated rings. The second-order valence-corrected chi connectivity index (χ2v) is 7.97. The highest BCUT2D eigenvalue weighted by Gasteiger charge is 2.36. The first-order chi connectivity index (χ1) is 13.0. The Labute approximate surface area is 162 Å². The molecule has 6 nitrogen and oxygen atoms in total. The number of nitrogens with zero attached hydrogens (tertiary/aromatic N) is 3. The van der Waals surface area contributed by atoms with E-state index in [4.69, 9.17) is 4.74 Å². The van der Waals surface area contributed by atoms with Gasteiger partial charge in [0.1, 0.15) is 5.75 Å². The van der Waals surface area contributed by atoms with Crippen LogP contribution in [0.15, 0.2) is 24.3 Å². The predicted octanol–water partition coefficient (Wildman–Crippen LogP) is 1.99. The minimum Gasteiger partial charge on any atom is -0.497 e. The lowest BCUT2D eigenvalue weighted by molar-refractivity contribution is -0.138. The Morgan fingerprint density at radius 3 is 2.48 bits per heavy atom. The van der Waals surface area contributed by atoms with Gasteiger partial charge in [0.25, 0.3) is 0 Å². The van der Waals surface area contributed by atoms with Crippen LogP contribution in [0, 0.1) is 5.92 Å². The number of rotatable bonds is 6. The molecule has 3 aliphatic heterocycles. The van der Waals surface area contributed by atoms with Crippen LogP contribution in [0.1, 0.15) is 31.2 Å². The van der Waals surface area contributed by atoms with Crippen molar-refractivity contribution in [1.82, 2.24) is 14.7 Å². The van der Waals surface area contributed by atoms with Gasteiger partial charge < -0.3 is 14.5 Å². The average Bonchev–Trinajstić information content (AvgIpc) is 2.97. The fraction of sp³-hybridized carbons (Fsp3) is 0.619. The van der Waals surface area contributed by atoms with Gasteiger partial charge in [-0.25, -0.2) is 0 Å². The zero-order valence-electron chi connectivity index (χ0n) is 16.7. The Morgan fingerprint density at radius 2 is 1.81 bits per heavy atom. The number of fused-ring (bicyclic) bond motifs is 4. The first-order valence-corrected chi connectivity index (χ1v) is 9.81. The standard InChI is InChI=1S/C21H31N3O3/c1-22(2)20(25)10-11-21(26)24-14-17-4-7-18(24)15-23(13-17)12-16-5-8-19(27-3)9-6-16/h5-6,8-9,17-18H,4,7,10-15H2,1-3H3/t17-,18+/m0/s1. The van der Waals surface area contributed by atoms with Crippen LogP contribution in [0.2, 0.25) is 0 Å². The summed E-state index contributed by atoms with van der Waals surface area (Å²) in [4.78, 5) is 30.6. The third-order valence-electron chi connectivity index (χ3n) is 5.73. The van der Waals surface area contributed by atoms with E-state index in [0.717, 1.165) is 38.3 Å². The van der Waals surface area contributed by atoms with E-state index in [1.807, 2.05) is 17.0 Å². The van der Waals surface area contributed by atoms with Crippen LogP contribution in [-0.2, 0) is 16.1 Å². The molecule has 2 bridgehead atoms. The molecule has 1 aromatic carbocycles. The number of hydrogen-bond acceptors (Lipinski definition) is 4. The molecule has 3 saturated heterocycles. The maximum absolute atomic E-state index is 12.7. The van der Waals surface area contributed by atoms with Gasteiger partial charge in [0.05, 0.1) is 7.11 Å². The van der Waals surface area contributed by atoms with E-state index in [0.29, 0.717) is 18.8 Å². The highest BCUT2D eigenvalue weighted by molar-refractivity contribution is 5.83. The van der Waals surface area contributed by atoms with Crippen LogP contribution in [-0.4, -0.2) is 73.4 Å². The smallest absolute Gasteiger partial charge is 0.223 e. The lowest BCUT2D eigenvalue weighted by atomic mass is 9.94. The summed E-state index contributed by atoms with van der Waals surface area (Å²) in [5.41, 5.74) is 1.27. The van der Waals surface area contributed by atoms with Gasteiger partial charge in [0.15, 0.2) is 0 Å². The second-order valence-electron chi connectivity index (χ2n) is 7.97. The maximum Gasteiger partial charge on any atom is 0.223 e. The maximum atomic E-state index is 12.7. The number of hydrogen-bond donors (Lipinski definition) is 0. The molecule has 0 N–H and O–H groups in total. The summed E-state index contributed by atoms with van der Waals surface area (Å²) >= 11 is 0. The molecule has 4 rings (SSSR count). The van der Waals surface area contributed by atoms with Crippen molar-refractivity contribution in [3.8, 4) is 5.75 Å². The fourth-order valence-corrected chi connectivity index (χ4v) is 4.18. The van der Waals surface area contributed by atoms with Crippen molar-refractivity contribution >= 4 is 11.8 Å². The van der Waals surface area contributed by atoms with E-state index >= 15 is 0 Å². The number of amides is 2. The Kier molecular flexibility index (Phi) is 6.37. The van der Waals surface area contributed by atoms with Gasteiger partial charge in [0, 0.05) is 59.2 Å². The van der Waals surface area contributed by atoms with Crippen molar-refractivity contribution in [2.45, 2.75) is 38.3 Å². The third kappa shape index (κ3) is 5.01. The molecule has 148 valence electrons. The minimum atomic E-state index is 0.0180. The first-order valence-electron chi connectivity index (χ1n) is 9.81. The minimum absolute atomic E-state index is 0.0180. The Morgan fingerprint density at radius 1 is 1.07 bits per heavy atom. The average molecular weight is 373 g/mol. The van der Waals surface area contributed by atoms with Crippen molar-refractivity contribution < 1.29 is 14.3 Å². The van der Waals surface area contributed by atoms with E-state index < -0.39 is 0 Å². The van der Waals surface area contributed by atoms with Crippen molar-refractivity contribution in [1.29, 1.82) is 0 Å². The lowest BCUT2D eigenvalue weighted by Gasteiger charge is -2.36. The zero-order valence-corrected chi connectivity index (χ0v) is 16.7. The molecule has 0 spiro atoms. The summed E-state index contributed by atoms with van der Waals surface area (Å²) < 4.78 is 5.23. The van der Waals surface area contributed by atoms with Crippen LogP contribution in [0.4, 0.5) is 0 Å². The molecule has 0 saturated carbocycles. The van der Waals surface area contributed by atoms with Gasteiger partial charge in [-0.1, -0.05) is 12.1 Å². The summed E-state index contributed by atoms with van der Waals surface area (Å²) in [6.07, 6.45) is 2.87. The molecule has 6 heteroatoms. The van der Waals surface area contributed by atoms with E-state index in [9.17, 15) is 9.59 Å². The van der Waals surface area contributed by atoms with Gasteiger partial charge in [-0.05, 0) is 36.5 Å². The molecule has 1 aromatic rings. The van der Waals surface area contributed by atoms with Crippen molar-refractivity contribution in [3.05, 3.63) is 29.8 Å². The van der Waals surface area contributed by atoms with Crippen LogP contribution in [0.3, 0.4) is 0 Å². The molecule has 2 atom stereocenters. The fourth-order valence-electron chi connectivity index (χ4n) is 4.18. The molecule has 3 heterocycles. The molecule has 3 aliphatic rings. The number of piperidine rings is 1. The first kappa shape index (κ1) is 19.7. The predicted molar refractivity (Wildman–Crippen MR) is 104 cm³/mol. The normalized spacial score (nSPS) is 22.4. The number of carbonyl (C=O) groups is 2. The van der Waals surface area contributed by atoms with Crippen molar-refractivity contribution in [2.24, 2.45) is 5.92 Å². The van der Waals surface area contributed by atoms with Crippen molar-refractivity contribution in [3.63, 3.8) is 0 Å². The SMILES string of the molecule is COc1ccc(CN2C[C@@H]3CC[C@H](C2)N(C(=O)CCC(=O)N(C)C)C3)cc1. The number of benzene rings is 1. The summed E-state index contributed by atoms with van der Waals surface area (Å²) in [6.45, 7) is 3.68. The number of methoxy groups -OCH3 is 1. The highest BCUT2D eigenvalue weighted by Crippen LogP contribution is 2.29. The van der Waals surface area contributed by atoms with E-state index in [1.54, 1.807) is 26.1 Å². The monoisotopic (exact) mass is 373 g/mol. The molecular weight excluding hydrogens is 342 g/mol. The number of ether oxygens (including phenoxy) is 1. The van der Waals surface area contributed by atoms with Gasteiger partial charge in [-0.3, -0.25) is 14.5 Å².